The lowest BCUT2D eigenvalue weighted by atomic mass is 10.1. The van der Waals surface area contributed by atoms with Crippen molar-refractivity contribution in [1.82, 2.24) is 4.90 Å². The van der Waals surface area contributed by atoms with Crippen LogP contribution in [0.25, 0.3) is 0 Å². The summed E-state index contributed by atoms with van der Waals surface area (Å²) in [6.07, 6.45) is 0.841. The van der Waals surface area contributed by atoms with Gasteiger partial charge in [-0.15, -0.1) is 0 Å². The molecule has 1 rings (SSSR count). The van der Waals surface area contributed by atoms with Crippen LogP contribution in [0.5, 0.6) is 0 Å². The Morgan fingerprint density at radius 3 is 2.40 bits per heavy atom. The molecule has 5 nitrogen and oxygen atoms in total. The van der Waals surface area contributed by atoms with E-state index < -0.39 is 5.97 Å². The Bertz CT molecular complexity index is 498. The van der Waals surface area contributed by atoms with Crippen LogP contribution in [0.2, 0.25) is 0 Å². The summed E-state index contributed by atoms with van der Waals surface area (Å²) in [7, 11) is 3.39. The second kappa shape index (κ2) is 6.93. The lowest BCUT2D eigenvalue weighted by Crippen LogP contribution is -2.37. The molecule has 0 aliphatic carbocycles. The number of hydrogen-bond acceptors (Lipinski definition) is 3. The number of rotatable bonds is 6. The highest BCUT2D eigenvalue weighted by molar-refractivity contribution is 5.95. The molecule has 0 heterocycles. The normalized spacial score (nSPS) is 10.2. The zero-order valence-electron chi connectivity index (χ0n) is 12.5. The summed E-state index contributed by atoms with van der Waals surface area (Å²) >= 11 is 0. The number of carboxylic acids is 1. The van der Waals surface area contributed by atoms with Crippen molar-refractivity contribution in [1.29, 1.82) is 0 Å². The molecule has 1 aromatic carbocycles. The molecule has 1 aromatic rings. The standard InChI is InChI=1S/C15H22N2O3/c1-5-8-17(10-14(18)16(3)4)13-9-11(2)6-7-12(13)15(19)20/h6-7,9H,5,8,10H2,1-4H3,(H,19,20). The topological polar surface area (TPSA) is 60.9 Å². The maximum absolute atomic E-state index is 11.9. The van der Waals surface area contributed by atoms with Crippen molar-refractivity contribution in [2.45, 2.75) is 20.3 Å². The van der Waals surface area contributed by atoms with Crippen LogP contribution < -0.4 is 4.90 Å². The van der Waals surface area contributed by atoms with Crippen molar-refractivity contribution in [3.05, 3.63) is 29.3 Å². The smallest absolute Gasteiger partial charge is 0.337 e. The first-order valence-electron chi connectivity index (χ1n) is 6.65. The average Bonchev–Trinajstić information content (AvgIpc) is 2.37. The van der Waals surface area contributed by atoms with Crippen molar-refractivity contribution < 1.29 is 14.7 Å². The van der Waals surface area contributed by atoms with Crippen LogP contribution in [-0.2, 0) is 4.79 Å². The third-order valence-corrected chi connectivity index (χ3v) is 3.04. The van der Waals surface area contributed by atoms with Gasteiger partial charge in [0.1, 0.15) is 0 Å². The molecular formula is C15H22N2O3. The molecule has 0 bridgehead atoms. The van der Waals surface area contributed by atoms with Gasteiger partial charge in [-0.2, -0.15) is 0 Å². The molecule has 0 unspecified atom stereocenters. The predicted octanol–water partition coefficient (Wildman–Crippen LogP) is 2.00. The average molecular weight is 278 g/mol. The predicted molar refractivity (Wildman–Crippen MR) is 79.3 cm³/mol. The van der Waals surface area contributed by atoms with Gasteiger partial charge in [-0.05, 0) is 31.0 Å². The summed E-state index contributed by atoms with van der Waals surface area (Å²) in [5.74, 6) is -1.02. The molecule has 0 spiro atoms. The Hall–Kier alpha value is -2.04. The number of anilines is 1. The summed E-state index contributed by atoms with van der Waals surface area (Å²) in [6.45, 7) is 4.74. The first-order chi connectivity index (χ1) is 9.36. The Morgan fingerprint density at radius 1 is 1.25 bits per heavy atom. The quantitative estimate of drug-likeness (QED) is 0.864. The maximum atomic E-state index is 11.9. The van der Waals surface area contributed by atoms with Gasteiger partial charge < -0.3 is 14.9 Å². The molecule has 110 valence electrons. The molecule has 5 heteroatoms. The van der Waals surface area contributed by atoms with E-state index in [0.717, 1.165) is 12.0 Å². The molecule has 1 amide bonds. The lowest BCUT2D eigenvalue weighted by Gasteiger charge is -2.27. The van der Waals surface area contributed by atoms with E-state index in [9.17, 15) is 14.7 Å². The second-order valence-corrected chi connectivity index (χ2v) is 5.04. The fraction of sp³-hybridized carbons (Fsp3) is 0.467. The fourth-order valence-corrected chi connectivity index (χ4v) is 1.94. The molecule has 20 heavy (non-hydrogen) atoms. The highest BCUT2D eigenvalue weighted by Crippen LogP contribution is 2.23. The van der Waals surface area contributed by atoms with Crippen LogP contribution in [0.1, 0.15) is 29.3 Å². The van der Waals surface area contributed by atoms with E-state index in [-0.39, 0.29) is 18.0 Å². The summed E-state index contributed by atoms with van der Waals surface area (Å²) in [4.78, 5) is 26.6. The van der Waals surface area contributed by atoms with Gasteiger partial charge in [0, 0.05) is 20.6 Å². The number of carbonyl (C=O) groups excluding carboxylic acids is 1. The van der Waals surface area contributed by atoms with E-state index >= 15 is 0 Å². The number of hydrogen-bond donors (Lipinski definition) is 1. The molecule has 1 N–H and O–H groups in total. The van der Waals surface area contributed by atoms with Crippen molar-refractivity contribution >= 4 is 17.6 Å². The first kappa shape index (κ1) is 16.0. The molecule has 0 atom stereocenters. The van der Waals surface area contributed by atoms with Crippen LogP contribution in [-0.4, -0.2) is 49.1 Å². The first-order valence-corrected chi connectivity index (χ1v) is 6.65. The van der Waals surface area contributed by atoms with Gasteiger partial charge in [0.15, 0.2) is 0 Å². The molecule has 0 aliphatic heterocycles. The molecule has 0 radical (unpaired) electrons. The van der Waals surface area contributed by atoms with Gasteiger partial charge in [0.05, 0.1) is 17.8 Å². The van der Waals surface area contributed by atoms with E-state index in [1.54, 1.807) is 26.2 Å². The Kier molecular flexibility index (Phi) is 5.55. The van der Waals surface area contributed by atoms with E-state index in [1.807, 2.05) is 24.8 Å². The highest BCUT2D eigenvalue weighted by atomic mass is 16.4. The summed E-state index contributed by atoms with van der Waals surface area (Å²) in [5, 5.41) is 9.29. The third-order valence-electron chi connectivity index (χ3n) is 3.04. The van der Waals surface area contributed by atoms with Crippen molar-refractivity contribution in [2.75, 3.05) is 32.1 Å². The maximum Gasteiger partial charge on any atom is 0.337 e. The number of aryl methyl sites for hydroxylation is 1. The van der Waals surface area contributed by atoms with Gasteiger partial charge in [0.25, 0.3) is 0 Å². The van der Waals surface area contributed by atoms with E-state index in [4.69, 9.17) is 0 Å². The van der Waals surface area contributed by atoms with Crippen LogP contribution in [0.3, 0.4) is 0 Å². The van der Waals surface area contributed by atoms with Crippen molar-refractivity contribution in [3.8, 4) is 0 Å². The molecule has 0 saturated carbocycles. The monoisotopic (exact) mass is 278 g/mol. The van der Waals surface area contributed by atoms with Crippen molar-refractivity contribution in [3.63, 3.8) is 0 Å². The minimum atomic E-state index is -0.974. The Balaban J connectivity index is 3.16. The number of nitrogens with zero attached hydrogens (tertiary/aromatic N) is 2. The zero-order chi connectivity index (χ0) is 15.3. The van der Waals surface area contributed by atoms with Crippen LogP contribution in [0.4, 0.5) is 5.69 Å². The second-order valence-electron chi connectivity index (χ2n) is 5.04. The van der Waals surface area contributed by atoms with E-state index in [1.165, 1.54) is 4.90 Å². The minimum Gasteiger partial charge on any atom is -0.478 e. The van der Waals surface area contributed by atoms with Gasteiger partial charge in [0.2, 0.25) is 5.91 Å². The highest BCUT2D eigenvalue weighted by Gasteiger charge is 2.18. The third kappa shape index (κ3) is 3.98. The van der Waals surface area contributed by atoms with E-state index in [2.05, 4.69) is 0 Å². The van der Waals surface area contributed by atoms with Crippen LogP contribution >= 0.6 is 0 Å². The molecular weight excluding hydrogens is 256 g/mol. The largest absolute Gasteiger partial charge is 0.478 e. The summed E-state index contributed by atoms with van der Waals surface area (Å²) in [6, 6.07) is 5.18. The van der Waals surface area contributed by atoms with Gasteiger partial charge >= 0.3 is 5.97 Å². The molecule has 0 aliphatic rings. The molecule has 0 saturated heterocycles. The number of carbonyl (C=O) groups is 2. The van der Waals surface area contributed by atoms with Gasteiger partial charge in [-0.3, -0.25) is 4.79 Å². The number of benzene rings is 1. The molecule has 0 fully saturated rings. The molecule has 0 aromatic heterocycles. The van der Waals surface area contributed by atoms with E-state index in [0.29, 0.717) is 12.2 Å². The zero-order valence-corrected chi connectivity index (χ0v) is 12.5. The fourth-order valence-electron chi connectivity index (χ4n) is 1.94. The number of carboxylic acid groups (broad SMARTS) is 1. The van der Waals surface area contributed by atoms with Gasteiger partial charge in [-0.25, -0.2) is 4.79 Å². The SMILES string of the molecule is CCCN(CC(=O)N(C)C)c1cc(C)ccc1C(=O)O. The van der Waals surface area contributed by atoms with Gasteiger partial charge in [-0.1, -0.05) is 13.0 Å². The van der Waals surface area contributed by atoms with Crippen molar-refractivity contribution in [2.24, 2.45) is 0 Å². The van der Waals surface area contributed by atoms with Crippen LogP contribution in [0, 0.1) is 6.92 Å². The number of amides is 1. The summed E-state index contributed by atoms with van der Waals surface area (Å²) < 4.78 is 0. The number of aromatic carboxylic acids is 1. The Morgan fingerprint density at radius 2 is 1.90 bits per heavy atom. The summed E-state index contributed by atoms with van der Waals surface area (Å²) in [5.41, 5.74) is 1.81. The van der Waals surface area contributed by atoms with Crippen LogP contribution in [0.15, 0.2) is 18.2 Å². The lowest BCUT2D eigenvalue weighted by molar-refractivity contribution is -0.127. The Labute approximate surface area is 119 Å². The minimum absolute atomic E-state index is 0.0451. The number of likely N-dealkylation sites (N-methyl/N-ethyl adjacent to an activating group) is 1.